The molecule has 1 aromatic carbocycles. The fourth-order valence-electron chi connectivity index (χ4n) is 1.23. The Morgan fingerprint density at radius 1 is 1.12 bits per heavy atom. The molecule has 5 heteroatoms. The van der Waals surface area contributed by atoms with Gasteiger partial charge in [-0.2, -0.15) is 0 Å². The Labute approximate surface area is 92.6 Å². The normalized spacial score (nSPS) is 9.88. The van der Waals surface area contributed by atoms with Crippen LogP contribution in [0.1, 0.15) is 0 Å². The molecule has 84 valence electrons. The van der Waals surface area contributed by atoms with Crippen molar-refractivity contribution in [2.24, 2.45) is 0 Å². The summed E-state index contributed by atoms with van der Waals surface area (Å²) in [5.74, 6) is 2.08. The molecule has 1 heterocycles. The van der Waals surface area contributed by atoms with Crippen LogP contribution in [0.5, 0.6) is 23.2 Å². The van der Waals surface area contributed by atoms with Crippen LogP contribution in [0.4, 0.5) is 0 Å². The zero-order valence-electron chi connectivity index (χ0n) is 8.97. The van der Waals surface area contributed by atoms with E-state index < -0.39 is 0 Å². The van der Waals surface area contributed by atoms with Gasteiger partial charge >= 0.3 is 5.95 Å². The highest BCUT2D eigenvalue weighted by molar-refractivity contribution is 5.46. The van der Waals surface area contributed by atoms with Crippen molar-refractivity contribution in [3.8, 4) is 23.2 Å². The van der Waals surface area contributed by atoms with Crippen molar-refractivity contribution in [1.29, 1.82) is 0 Å². The fourth-order valence-corrected chi connectivity index (χ4v) is 1.23. The van der Waals surface area contributed by atoms with Gasteiger partial charge in [-0.3, -0.25) is 0 Å². The Hall–Kier alpha value is -2.17. The van der Waals surface area contributed by atoms with E-state index in [-0.39, 0.29) is 0 Å². The summed E-state index contributed by atoms with van der Waals surface area (Å²) in [6.45, 7) is 0. The molecule has 0 amide bonds. The maximum atomic E-state index is 5.45. The molecule has 1 aromatic heterocycles. The van der Waals surface area contributed by atoms with E-state index in [4.69, 9.17) is 18.6 Å². The highest BCUT2D eigenvalue weighted by Gasteiger charge is 2.08. The molecule has 0 saturated heterocycles. The van der Waals surface area contributed by atoms with E-state index in [0.717, 1.165) is 0 Å². The van der Waals surface area contributed by atoms with E-state index in [1.807, 2.05) is 0 Å². The van der Waals surface area contributed by atoms with Crippen LogP contribution in [0.25, 0.3) is 0 Å². The number of aromatic nitrogens is 1. The van der Waals surface area contributed by atoms with E-state index >= 15 is 0 Å². The molecule has 0 spiro atoms. The third-order valence-electron chi connectivity index (χ3n) is 1.99. The molecule has 2 rings (SSSR count). The Balaban J connectivity index is 2.30. The summed E-state index contributed by atoms with van der Waals surface area (Å²) in [6.07, 6.45) is 2.76. The van der Waals surface area contributed by atoms with Crippen molar-refractivity contribution in [2.45, 2.75) is 0 Å². The van der Waals surface area contributed by atoms with Crippen molar-refractivity contribution in [1.82, 2.24) is 4.98 Å². The molecule has 0 N–H and O–H groups in total. The highest BCUT2D eigenvalue weighted by atomic mass is 16.6. The number of ether oxygens (including phenoxy) is 3. The minimum absolute atomic E-state index is 0.298. The van der Waals surface area contributed by atoms with E-state index in [9.17, 15) is 0 Å². The summed E-state index contributed by atoms with van der Waals surface area (Å²) in [4.78, 5) is 3.75. The summed E-state index contributed by atoms with van der Waals surface area (Å²) in [6, 6.07) is 5.25. The first-order valence-electron chi connectivity index (χ1n) is 4.62. The van der Waals surface area contributed by atoms with Crippen LogP contribution in [-0.2, 0) is 0 Å². The lowest BCUT2D eigenvalue weighted by Crippen LogP contribution is -1.91. The molecule has 0 radical (unpaired) electrons. The van der Waals surface area contributed by atoms with Gasteiger partial charge < -0.3 is 18.6 Å². The topological polar surface area (TPSA) is 53.7 Å². The van der Waals surface area contributed by atoms with Crippen LogP contribution in [-0.4, -0.2) is 19.2 Å². The predicted octanol–water partition coefficient (Wildman–Crippen LogP) is 2.48. The van der Waals surface area contributed by atoms with Crippen LogP contribution in [0.3, 0.4) is 0 Å². The number of hydrogen-bond acceptors (Lipinski definition) is 5. The zero-order valence-corrected chi connectivity index (χ0v) is 8.97. The molecule has 16 heavy (non-hydrogen) atoms. The van der Waals surface area contributed by atoms with Crippen molar-refractivity contribution >= 4 is 0 Å². The maximum Gasteiger partial charge on any atom is 0.310 e. The Morgan fingerprint density at radius 3 is 2.62 bits per heavy atom. The van der Waals surface area contributed by atoms with Gasteiger partial charge in [0.05, 0.1) is 14.2 Å². The first-order chi connectivity index (χ1) is 7.83. The van der Waals surface area contributed by atoms with Gasteiger partial charge in [-0.1, -0.05) is 0 Å². The van der Waals surface area contributed by atoms with Crippen molar-refractivity contribution in [3.05, 3.63) is 30.8 Å². The monoisotopic (exact) mass is 221 g/mol. The van der Waals surface area contributed by atoms with Crippen LogP contribution in [0.2, 0.25) is 0 Å². The molecule has 0 atom stereocenters. The molecular weight excluding hydrogens is 210 g/mol. The number of methoxy groups -OCH3 is 2. The predicted molar refractivity (Wildman–Crippen MR) is 56.1 cm³/mol. The molecule has 0 aliphatic heterocycles. The molecule has 5 nitrogen and oxygen atoms in total. The average Bonchev–Trinajstić information content (AvgIpc) is 2.82. The Morgan fingerprint density at radius 2 is 2.00 bits per heavy atom. The Bertz CT molecular complexity index is 453. The number of benzene rings is 1. The van der Waals surface area contributed by atoms with Gasteiger partial charge in [0, 0.05) is 6.07 Å². The molecule has 0 saturated carbocycles. The number of oxazole rings is 1. The minimum atomic E-state index is 0.298. The average molecular weight is 221 g/mol. The highest BCUT2D eigenvalue weighted by Crippen LogP contribution is 2.34. The van der Waals surface area contributed by atoms with E-state index in [2.05, 4.69) is 4.98 Å². The summed E-state index contributed by atoms with van der Waals surface area (Å²) >= 11 is 0. The molecule has 0 unspecified atom stereocenters. The summed E-state index contributed by atoms with van der Waals surface area (Å²) < 4.78 is 20.7. The first kappa shape index (κ1) is 10.4. The van der Waals surface area contributed by atoms with E-state index in [0.29, 0.717) is 23.2 Å². The van der Waals surface area contributed by atoms with Crippen LogP contribution >= 0.6 is 0 Å². The van der Waals surface area contributed by atoms with E-state index in [1.165, 1.54) is 12.6 Å². The second kappa shape index (κ2) is 4.57. The lowest BCUT2D eigenvalue weighted by molar-refractivity contribution is 0.319. The van der Waals surface area contributed by atoms with Crippen molar-refractivity contribution in [2.75, 3.05) is 14.2 Å². The van der Waals surface area contributed by atoms with Gasteiger partial charge in [-0.05, 0) is 12.1 Å². The third kappa shape index (κ3) is 2.08. The number of rotatable bonds is 4. The molecule has 0 aliphatic carbocycles. The third-order valence-corrected chi connectivity index (χ3v) is 1.99. The van der Waals surface area contributed by atoms with Gasteiger partial charge in [-0.25, -0.2) is 4.98 Å². The van der Waals surface area contributed by atoms with Gasteiger partial charge in [0.15, 0.2) is 17.9 Å². The van der Waals surface area contributed by atoms with Crippen molar-refractivity contribution < 1.29 is 18.6 Å². The van der Waals surface area contributed by atoms with Gasteiger partial charge in [0.2, 0.25) is 0 Å². The lowest BCUT2D eigenvalue weighted by Gasteiger charge is -2.09. The summed E-state index contributed by atoms with van der Waals surface area (Å²) in [5.41, 5.74) is 0. The second-order valence-electron chi connectivity index (χ2n) is 2.94. The van der Waals surface area contributed by atoms with Crippen LogP contribution < -0.4 is 14.2 Å². The number of hydrogen-bond donors (Lipinski definition) is 0. The number of nitrogens with zero attached hydrogens (tertiary/aromatic N) is 1. The maximum absolute atomic E-state index is 5.45. The van der Waals surface area contributed by atoms with Gasteiger partial charge in [0.25, 0.3) is 0 Å². The summed E-state index contributed by atoms with van der Waals surface area (Å²) in [7, 11) is 3.15. The van der Waals surface area contributed by atoms with E-state index in [1.54, 1.807) is 32.4 Å². The Kier molecular flexibility index (Phi) is 2.95. The van der Waals surface area contributed by atoms with Gasteiger partial charge in [-0.15, -0.1) is 0 Å². The summed E-state index contributed by atoms with van der Waals surface area (Å²) in [5, 5.41) is 0. The van der Waals surface area contributed by atoms with Crippen LogP contribution in [0.15, 0.2) is 35.2 Å². The minimum Gasteiger partial charge on any atom is -0.497 e. The molecular formula is C11H11NO4. The van der Waals surface area contributed by atoms with Crippen molar-refractivity contribution in [3.63, 3.8) is 0 Å². The quantitative estimate of drug-likeness (QED) is 0.793. The SMILES string of the molecule is COc1ccc(OC)c(Oc2cnco2)c1. The first-order valence-corrected chi connectivity index (χ1v) is 4.62. The zero-order chi connectivity index (χ0) is 11.4. The second-order valence-corrected chi connectivity index (χ2v) is 2.94. The smallest absolute Gasteiger partial charge is 0.310 e. The lowest BCUT2D eigenvalue weighted by atomic mass is 10.3. The molecule has 0 fully saturated rings. The molecule has 0 bridgehead atoms. The molecule has 0 aliphatic rings. The van der Waals surface area contributed by atoms with Crippen LogP contribution in [0, 0.1) is 0 Å². The largest absolute Gasteiger partial charge is 0.497 e. The van der Waals surface area contributed by atoms with Gasteiger partial charge in [0.1, 0.15) is 11.9 Å². The molecule has 2 aromatic rings. The standard InChI is InChI=1S/C11H11NO4/c1-13-8-3-4-9(14-2)10(5-8)16-11-6-12-7-15-11/h3-7H,1-2H3. The fraction of sp³-hybridized carbons (Fsp3) is 0.182.